The lowest BCUT2D eigenvalue weighted by Crippen LogP contribution is -2.52. The van der Waals surface area contributed by atoms with Gasteiger partial charge in [0, 0.05) is 19.0 Å². The Balaban J connectivity index is 1.65. The monoisotopic (exact) mass is 288 g/mol. The molecule has 1 unspecified atom stereocenters. The van der Waals surface area contributed by atoms with Gasteiger partial charge in [-0.15, -0.1) is 0 Å². The molecular weight excluding hydrogens is 264 g/mol. The Morgan fingerprint density at radius 1 is 1.29 bits per heavy atom. The van der Waals surface area contributed by atoms with Crippen molar-refractivity contribution in [1.29, 1.82) is 0 Å². The van der Waals surface area contributed by atoms with E-state index in [9.17, 15) is 4.79 Å². The van der Waals surface area contributed by atoms with Crippen LogP contribution in [-0.4, -0.2) is 36.5 Å². The van der Waals surface area contributed by atoms with Gasteiger partial charge in [0.2, 0.25) is 5.91 Å². The van der Waals surface area contributed by atoms with Crippen LogP contribution in [0.25, 0.3) is 0 Å². The van der Waals surface area contributed by atoms with Crippen molar-refractivity contribution in [2.45, 2.75) is 43.6 Å². The van der Waals surface area contributed by atoms with Crippen molar-refractivity contribution < 1.29 is 9.53 Å². The van der Waals surface area contributed by atoms with Crippen molar-refractivity contribution in [3.8, 4) is 5.75 Å². The molecule has 2 fully saturated rings. The number of nitrogens with two attached hydrogens (primary N) is 1. The van der Waals surface area contributed by atoms with E-state index in [0.717, 1.165) is 50.9 Å². The highest BCUT2D eigenvalue weighted by Gasteiger charge is 2.41. The van der Waals surface area contributed by atoms with Gasteiger partial charge in [-0.3, -0.25) is 4.79 Å². The highest BCUT2D eigenvalue weighted by atomic mass is 16.5. The summed E-state index contributed by atoms with van der Waals surface area (Å²) in [6.45, 7) is 1.62. The lowest BCUT2D eigenvalue weighted by molar-refractivity contribution is -0.135. The Kier molecular flexibility index (Phi) is 3.89. The van der Waals surface area contributed by atoms with Crippen molar-refractivity contribution in [3.05, 3.63) is 29.8 Å². The highest BCUT2D eigenvalue weighted by molar-refractivity contribution is 5.86. The van der Waals surface area contributed by atoms with Crippen LogP contribution in [0.2, 0.25) is 0 Å². The summed E-state index contributed by atoms with van der Waals surface area (Å²) in [5.41, 5.74) is 6.99. The summed E-state index contributed by atoms with van der Waals surface area (Å²) in [7, 11) is 1.67. The van der Waals surface area contributed by atoms with E-state index in [1.54, 1.807) is 7.11 Å². The Morgan fingerprint density at radius 3 is 2.57 bits per heavy atom. The second-order valence-corrected chi connectivity index (χ2v) is 6.37. The first-order valence-corrected chi connectivity index (χ1v) is 7.84. The number of carbonyl (C=O) groups is 1. The number of hydrogen-bond acceptors (Lipinski definition) is 3. The van der Waals surface area contributed by atoms with E-state index in [0.29, 0.717) is 5.92 Å². The Morgan fingerprint density at radius 2 is 1.95 bits per heavy atom. The van der Waals surface area contributed by atoms with E-state index in [-0.39, 0.29) is 5.91 Å². The molecule has 0 bridgehead atoms. The summed E-state index contributed by atoms with van der Waals surface area (Å²) < 4.78 is 5.19. The predicted molar refractivity (Wildman–Crippen MR) is 82.3 cm³/mol. The van der Waals surface area contributed by atoms with Crippen molar-refractivity contribution in [1.82, 2.24) is 4.90 Å². The summed E-state index contributed by atoms with van der Waals surface area (Å²) in [6.07, 6.45) is 4.87. The molecule has 1 atom stereocenters. The topological polar surface area (TPSA) is 55.6 Å². The number of hydrogen-bond donors (Lipinski definition) is 1. The Hall–Kier alpha value is -1.55. The molecule has 0 radical (unpaired) electrons. The number of likely N-dealkylation sites (tertiary alicyclic amines) is 1. The second kappa shape index (κ2) is 5.68. The van der Waals surface area contributed by atoms with Crippen molar-refractivity contribution in [3.63, 3.8) is 0 Å². The largest absolute Gasteiger partial charge is 0.497 e. The fourth-order valence-electron chi connectivity index (χ4n) is 3.63. The minimum Gasteiger partial charge on any atom is -0.497 e. The maximum absolute atomic E-state index is 12.6. The minimum absolute atomic E-state index is 0.163. The molecule has 4 heteroatoms. The van der Waals surface area contributed by atoms with Crippen LogP contribution in [0.4, 0.5) is 0 Å². The van der Waals surface area contributed by atoms with Gasteiger partial charge in [0.1, 0.15) is 5.75 Å². The van der Waals surface area contributed by atoms with Gasteiger partial charge in [0.15, 0.2) is 0 Å². The third kappa shape index (κ3) is 2.77. The maximum Gasteiger partial charge on any atom is 0.242 e. The fraction of sp³-hybridized carbons (Fsp3) is 0.588. The molecule has 3 rings (SSSR count). The van der Waals surface area contributed by atoms with Crippen LogP contribution in [0, 0.1) is 0 Å². The molecule has 2 aliphatic rings. The van der Waals surface area contributed by atoms with Gasteiger partial charge < -0.3 is 15.4 Å². The summed E-state index contributed by atoms with van der Waals surface area (Å²) in [4.78, 5) is 14.6. The molecule has 4 nitrogen and oxygen atoms in total. The van der Waals surface area contributed by atoms with Crippen molar-refractivity contribution in [2.24, 2.45) is 5.73 Å². The molecule has 1 aromatic carbocycles. The summed E-state index contributed by atoms with van der Waals surface area (Å²) >= 11 is 0. The first-order valence-electron chi connectivity index (χ1n) is 7.84. The molecule has 1 aliphatic carbocycles. The van der Waals surface area contributed by atoms with Gasteiger partial charge in [-0.1, -0.05) is 25.0 Å². The van der Waals surface area contributed by atoms with Crippen molar-refractivity contribution >= 4 is 5.91 Å². The second-order valence-electron chi connectivity index (χ2n) is 6.37. The quantitative estimate of drug-likeness (QED) is 0.928. The van der Waals surface area contributed by atoms with Crippen LogP contribution in [0.5, 0.6) is 5.75 Å². The van der Waals surface area contributed by atoms with Crippen LogP contribution in [0.3, 0.4) is 0 Å². The van der Waals surface area contributed by atoms with Crippen LogP contribution < -0.4 is 10.5 Å². The molecular formula is C17H24N2O2. The number of benzene rings is 1. The first-order chi connectivity index (χ1) is 10.1. The Labute approximate surface area is 126 Å². The smallest absolute Gasteiger partial charge is 0.242 e. The van der Waals surface area contributed by atoms with E-state index in [1.807, 2.05) is 17.0 Å². The summed E-state index contributed by atoms with van der Waals surface area (Å²) in [5, 5.41) is 0. The van der Waals surface area contributed by atoms with Gasteiger partial charge in [0.25, 0.3) is 0 Å². The van der Waals surface area contributed by atoms with Crippen LogP contribution in [0.1, 0.15) is 43.6 Å². The van der Waals surface area contributed by atoms with Crippen LogP contribution in [-0.2, 0) is 4.79 Å². The minimum atomic E-state index is -0.588. The first kappa shape index (κ1) is 14.4. The SMILES string of the molecule is COc1ccc(C2CCN(C(=O)C3(N)CCCC3)C2)cc1. The highest BCUT2D eigenvalue weighted by Crippen LogP contribution is 2.33. The zero-order valence-corrected chi connectivity index (χ0v) is 12.7. The van der Waals surface area contributed by atoms with Gasteiger partial charge >= 0.3 is 0 Å². The summed E-state index contributed by atoms with van der Waals surface area (Å²) in [5.74, 6) is 1.46. The number of nitrogens with zero attached hydrogens (tertiary/aromatic N) is 1. The number of ether oxygens (including phenoxy) is 1. The zero-order chi connectivity index (χ0) is 14.9. The number of rotatable bonds is 3. The molecule has 114 valence electrons. The number of amides is 1. The molecule has 1 amide bonds. The lowest BCUT2D eigenvalue weighted by atomic mass is 9.96. The maximum atomic E-state index is 12.6. The molecule has 1 aromatic rings. The van der Waals surface area contributed by atoms with Gasteiger partial charge in [-0.25, -0.2) is 0 Å². The molecule has 1 aliphatic heterocycles. The van der Waals surface area contributed by atoms with Crippen molar-refractivity contribution in [2.75, 3.05) is 20.2 Å². The zero-order valence-electron chi connectivity index (χ0n) is 12.7. The number of carbonyl (C=O) groups excluding carboxylic acids is 1. The summed E-state index contributed by atoms with van der Waals surface area (Å²) in [6, 6.07) is 8.18. The standard InChI is InChI=1S/C17H24N2O2/c1-21-15-6-4-13(5-7-15)14-8-11-19(12-14)16(20)17(18)9-2-3-10-17/h4-7,14H,2-3,8-12,18H2,1H3. The molecule has 1 heterocycles. The Bertz CT molecular complexity index is 506. The average molecular weight is 288 g/mol. The third-order valence-electron chi connectivity index (χ3n) is 4.98. The van der Waals surface area contributed by atoms with Gasteiger partial charge in [-0.2, -0.15) is 0 Å². The van der Waals surface area contributed by atoms with E-state index >= 15 is 0 Å². The lowest BCUT2D eigenvalue weighted by Gasteiger charge is -2.28. The average Bonchev–Trinajstić information content (AvgIpc) is 3.16. The van der Waals surface area contributed by atoms with Crippen LogP contribution >= 0.6 is 0 Å². The molecule has 1 saturated heterocycles. The molecule has 0 spiro atoms. The normalized spacial score (nSPS) is 24.3. The fourth-order valence-corrected chi connectivity index (χ4v) is 3.63. The molecule has 1 saturated carbocycles. The van der Waals surface area contributed by atoms with Crippen LogP contribution in [0.15, 0.2) is 24.3 Å². The van der Waals surface area contributed by atoms with Gasteiger partial charge in [-0.05, 0) is 37.0 Å². The molecule has 0 aromatic heterocycles. The van der Waals surface area contributed by atoms with E-state index in [4.69, 9.17) is 10.5 Å². The van der Waals surface area contributed by atoms with E-state index in [2.05, 4.69) is 12.1 Å². The predicted octanol–water partition coefficient (Wildman–Crippen LogP) is 2.28. The van der Waals surface area contributed by atoms with E-state index in [1.165, 1.54) is 5.56 Å². The molecule has 2 N–H and O–H groups in total. The third-order valence-corrected chi connectivity index (χ3v) is 4.98. The molecule has 21 heavy (non-hydrogen) atoms. The van der Waals surface area contributed by atoms with Gasteiger partial charge in [0.05, 0.1) is 12.6 Å². The van der Waals surface area contributed by atoms with E-state index < -0.39 is 5.54 Å². The number of methoxy groups -OCH3 is 1.